The third-order valence-electron chi connectivity index (χ3n) is 0. The molecule has 0 atom stereocenters. The quantitative estimate of drug-likeness (QED) is 0.168. The third-order valence-corrected chi connectivity index (χ3v) is 0. The van der Waals surface area contributed by atoms with E-state index in [9.17, 15) is 0 Å². The van der Waals surface area contributed by atoms with Crippen LogP contribution in [0.4, 0.5) is 28.8 Å². The first kappa shape index (κ1) is 56.4. The normalized spacial score (nSPS) is 5.33. The van der Waals surface area contributed by atoms with Crippen molar-refractivity contribution in [3.8, 4) is 0 Å². The molecule has 3 radical (unpaired) electrons. The molecule has 0 spiro atoms. The zero-order valence-electron chi connectivity index (χ0n) is 12.4. The van der Waals surface area contributed by atoms with Gasteiger partial charge in [-0.25, -0.2) is 0 Å². The largest absolute Gasteiger partial charge is 2.00 e. The first-order valence-corrected chi connectivity index (χ1v) is 4.18. The summed E-state index contributed by atoms with van der Waals surface area (Å²) in [5.41, 5.74) is 23.5. The van der Waals surface area contributed by atoms with E-state index in [0.717, 1.165) is 0 Å². The Kier molecular flexibility index (Phi) is 103. The van der Waals surface area contributed by atoms with Gasteiger partial charge in [-0.15, -0.1) is 0 Å². The van der Waals surface area contributed by atoms with Crippen LogP contribution in [0.25, 0.3) is 0 Å². The van der Waals surface area contributed by atoms with Gasteiger partial charge in [-0.05, 0) is 0 Å². The standard InChI is InChI=1S/6CH3NO2.3Co/c6*2-1(3)4;;;/h6*2H2,(H,3,4);;;/q;;;;;;3*+2/p-6. The molecule has 0 aliphatic carbocycles. The number of amides is 6. The summed E-state index contributed by atoms with van der Waals surface area (Å²) >= 11 is 0. The molecule has 18 nitrogen and oxygen atoms in total. The monoisotopic (exact) mass is 537 g/mol. The minimum atomic E-state index is -1.58. The predicted molar refractivity (Wildman–Crippen MR) is 57.5 cm³/mol. The second-order valence-electron chi connectivity index (χ2n) is 1.91. The SMILES string of the molecule is NC(=O)[O-].NC(=O)[O-].NC(=O)[O-].NC(=O)[O-].NC(=O)[O-].NC(=O)[O-].[Co+2].[Co+2].[Co+2]. The molecule has 0 aromatic heterocycles. The molecular weight excluding hydrogens is 525 g/mol. The van der Waals surface area contributed by atoms with Gasteiger partial charge in [0, 0.05) is 0 Å². The van der Waals surface area contributed by atoms with Crippen molar-refractivity contribution >= 4 is 36.6 Å². The topological polar surface area (TPSA) is 397 Å². The summed E-state index contributed by atoms with van der Waals surface area (Å²) in [6, 6.07) is 0. The van der Waals surface area contributed by atoms with Gasteiger partial charge < -0.3 is 93.8 Å². The van der Waals surface area contributed by atoms with Crippen molar-refractivity contribution in [2.24, 2.45) is 34.4 Å². The maximum atomic E-state index is 8.67. The number of hydrogen-bond donors (Lipinski definition) is 6. The summed E-state index contributed by atoms with van der Waals surface area (Å²) in [5.74, 6) is 0. The van der Waals surface area contributed by atoms with Gasteiger partial charge in [-0.1, -0.05) is 0 Å². The summed E-state index contributed by atoms with van der Waals surface area (Å²) in [6.07, 6.45) is -9.50. The van der Waals surface area contributed by atoms with Gasteiger partial charge in [0.15, 0.2) is 0 Å². The van der Waals surface area contributed by atoms with Crippen molar-refractivity contribution < 1.29 is 110 Å². The van der Waals surface area contributed by atoms with Gasteiger partial charge in [-0.2, -0.15) is 0 Å². The molecule has 27 heavy (non-hydrogen) atoms. The van der Waals surface area contributed by atoms with E-state index in [-0.39, 0.29) is 50.3 Å². The Bertz CT molecular complexity index is 281. The number of carbonyl (C=O) groups excluding carboxylic acids is 6. The van der Waals surface area contributed by atoms with Crippen molar-refractivity contribution in [3.63, 3.8) is 0 Å². The average molecular weight is 537 g/mol. The fraction of sp³-hybridized carbons (Fsp3) is 0. The van der Waals surface area contributed by atoms with Crippen LogP contribution in [0.1, 0.15) is 0 Å². The molecule has 0 saturated carbocycles. The molecule has 6 amide bonds. The van der Waals surface area contributed by atoms with E-state index >= 15 is 0 Å². The smallest absolute Gasteiger partial charge is 0.530 e. The molecule has 0 heterocycles. The van der Waals surface area contributed by atoms with Crippen LogP contribution in [0, 0.1) is 0 Å². The second-order valence-corrected chi connectivity index (χ2v) is 1.91. The van der Waals surface area contributed by atoms with Crippen LogP contribution in [-0.4, -0.2) is 36.6 Å². The van der Waals surface area contributed by atoms with E-state index < -0.39 is 36.6 Å². The van der Waals surface area contributed by atoms with E-state index in [2.05, 4.69) is 34.4 Å². The molecule has 165 valence electrons. The summed E-state index contributed by atoms with van der Waals surface area (Å²) in [5, 5.41) is 52.0. The predicted octanol–water partition coefficient (Wildman–Crippen LogP) is -10.3. The molecule has 0 rings (SSSR count). The van der Waals surface area contributed by atoms with Gasteiger partial charge in [0.1, 0.15) is 36.6 Å². The molecule has 0 aromatic rings. The first-order chi connectivity index (χ1) is 10.4. The molecule has 0 aromatic carbocycles. The van der Waals surface area contributed by atoms with Crippen LogP contribution in [0.5, 0.6) is 0 Å². The number of nitrogens with two attached hydrogens (primary N) is 6. The van der Waals surface area contributed by atoms with Gasteiger partial charge in [0.25, 0.3) is 0 Å². The minimum Gasteiger partial charge on any atom is -0.530 e. The summed E-state index contributed by atoms with van der Waals surface area (Å²) in [4.78, 5) is 52.0. The van der Waals surface area contributed by atoms with Crippen LogP contribution >= 0.6 is 0 Å². The molecule has 0 bridgehead atoms. The molecule has 12 N–H and O–H groups in total. The molecular formula is C6H12Co3N6O12. The van der Waals surface area contributed by atoms with Crippen molar-refractivity contribution in [1.29, 1.82) is 0 Å². The Hall–Kier alpha value is -2.86. The maximum Gasteiger partial charge on any atom is 2.00 e. The van der Waals surface area contributed by atoms with Crippen molar-refractivity contribution in [1.82, 2.24) is 0 Å². The molecule has 0 unspecified atom stereocenters. The van der Waals surface area contributed by atoms with Gasteiger partial charge >= 0.3 is 50.3 Å². The van der Waals surface area contributed by atoms with Crippen LogP contribution in [-0.2, 0) is 50.3 Å². The van der Waals surface area contributed by atoms with Crippen LogP contribution < -0.4 is 65.0 Å². The third kappa shape index (κ3) is 1260. The number of hydrogen-bond acceptors (Lipinski definition) is 12. The second kappa shape index (κ2) is 49.5. The molecule has 0 fully saturated rings. The zero-order valence-corrected chi connectivity index (χ0v) is 15.5. The number of primary amides is 6. The Morgan fingerprint density at radius 2 is 0.333 bits per heavy atom. The first-order valence-electron chi connectivity index (χ1n) is 4.18. The van der Waals surface area contributed by atoms with E-state index in [0.29, 0.717) is 0 Å². The van der Waals surface area contributed by atoms with E-state index in [1.807, 2.05) is 0 Å². The Balaban J connectivity index is -0.0000000201. The van der Waals surface area contributed by atoms with Crippen LogP contribution in [0.3, 0.4) is 0 Å². The maximum absolute atomic E-state index is 8.67. The summed E-state index contributed by atoms with van der Waals surface area (Å²) < 4.78 is 0. The van der Waals surface area contributed by atoms with Gasteiger partial charge in [0.2, 0.25) is 0 Å². The van der Waals surface area contributed by atoms with E-state index in [4.69, 9.17) is 59.4 Å². The van der Waals surface area contributed by atoms with Crippen molar-refractivity contribution in [3.05, 3.63) is 0 Å². The fourth-order valence-electron chi connectivity index (χ4n) is 0. The number of carboxylic acid groups (broad SMARTS) is 6. The Morgan fingerprint density at radius 1 is 0.333 bits per heavy atom. The van der Waals surface area contributed by atoms with E-state index in [1.165, 1.54) is 0 Å². The van der Waals surface area contributed by atoms with Gasteiger partial charge in [0.05, 0.1) is 0 Å². The molecule has 0 aliphatic rings. The molecule has 0 saturated heterocycles. The summed E-state index contributed by atoms with van der Waals surface area (Å²) in [6.45, 7) is 0. The summed E-state index contributed by atoms with van der Waals surface area (Å²) in [7, 11) is 0. The number of carbonyl (C=O) groups is 6. The van der Waals surface area contributed by atoms with Crippen molar-refractivity contribution in [2.75, 3.05) is 0 Å². The van der Waals surface area contributed by atoms with Crippen molar-refractivity contribution in [2.45, 2.75) is 0 Å². The average Bonchev–Trinajstić information content (AvgIpc) is 2.08. The van der Waals surface area contributed by atoms with Crippen LogP contribution in [0.15, 0.2) is 0 Å². The zero-order chi connectivity index (χ0) is 21.5. The molecule has 21 heteroatoms. The number of rotatable bonds is 0. The van der Waals surface area contributed by atoms with Crippen LogP contribution in [0.2, 0.25) is 0 Å². The Morgan fingerprint density at radius 3 is 0.333 bits per heavy atom. The van der Waals surface area contributed by atoms with Gasteiger partial charge in [-0.3, -0.25) is 0 Å². The Labute approximate surface area is 180 Å². The minimum absolute atomic E-state index is 0. The molecule has 0 aliphatic heterocycles. The van der Waals surface area contributed by atoms with E-state index in [1.54, 1.807) is 0 Å². The fourth-order valence-corrected chi connectivity index (χ4v) is 0.